The van der Waals surface area contributed by atoms with E-state index in [1.165, 1.54) is 0 Å². The van der Waals surface area contributed by atoms with Gasteiger partial charge in [-0.15, -0.1) is 0 Å². The van der Waals surface area contributed by atoms with Crippen molar-refractivity contribution < 1.29 is 19.0 Å². The summed E-state index contributed by atoms with van der Waals surface area (Å²) in [7, 11) is 1.60. The van der Waals surface area contributed by atoms with Crippen LogP contribution in [0.4, 0.5) is 4.79 Å². The summed E-state index contributed by atoms with van der Waals surface area (Å²) in [6.07, 6.45) is 2.06. The number of rotatable bonds is 7. The van der Waals surface area contributed by atoms with Crippen LogP contribution in [0.3, 0.4) is 0 Å². The molecule has 0 radical (unpaired) electrons. The predicted molar refractivity (Wildman–Crippen MR) is 53.3 cm³/mol. The van der Waals surface area contributed by atoms with Crippen LogP contribution in [-0.2, 0) is 14.2 Å². The Balaban J connectivity index is 3.42. The van der Waals surface area contributed by atoms with Gasteiger partial charge in [-0.3, -0.25) is 0 Å². The van der Waals surface area contributed by atoms with Crippen LogP contribution in [0.5, 0.6) is 0 Å². The molecule has 0 N–H and O–H groups in total. The van der Waals surface area contributed by atoms with E-state index in [-0.39, 0.29) is 12.7 Å². The SMILES string of the molecule is CCCCOC(=O)OCC(CC)OC. The highest BCUT2D eigenvalue weighted by molar-refractivity contribution is 5.59. The number of hydrogen-bond donors (Lipinski definition) is 0. The van der Waals surface area contributed by atoms with E-state index in [0.29, 0.717) is 6.61 Å². The molecule has 0 heterocycles. The molecule has 0 fully saturated rings. The lowest BCUT2D eigenvalue weighted by Gasteiger charge is -2.12. The van der Waals surface area contributed by atoms with Gasteiger partial charge in [0.2, 0.25) is 0 Å². The zero-order valence-corrected chi connectivity index (χ0v) is 9.25. The molecule has 84 valence electrons. The highest BCUT2D eigenvalue weighted by Gasteiger charge is 2.09. The molecule has 0 aromatic rings. The maximum Gasteiger partial charge on any atom is 0.508 e. The standard InChI is InChI=1S/C10H20O4/c1-4-6-7-13-10(11)14-8-9(5-2)12-3/h9H,4-8H2,1-3H3. The molecule has 14 heavy (non-hydrogen) atoms. The van der Waals surface area contributed by atoms with E-state index in [9.17, 15) is 4.79 Å². The van der Waals surface area contributed by atoms with Crippen molar-refractivity contribution >= 4 is 6.16 Å². The summed E-state index contributed by atoms with van der Waals surface area (Å²) in [5, 5.41) is 0. The minimum Gasteiger partial charge on any atom is -0.434 e. The molecule has 4 heteroatoms. The Morgan fingerprint density at radius 3 is 2.50 bits per heavy atom. The van der Waals surface area contributed by atoms with Crippen LogP contribution in [0.2, 0.25) is 0 Å². The largest absolute Gasteiger partial charge is 0.508 e. The lowest BCUT2D eigenvalue weighted by atomic mass is 10.3. The summed E-state index contributed by atoms with van der Waals surface area (Å²) in [4.78, 5) is 11.0. The van der Waals surface area contributed by atoms with Gasteiger partial charge in [0.25, 0.3) is 0 Å². The normalized spacial score (nSPS) is 12.2. The number of hydrogen-bond acceptors (Lipinski definition) is 4. The fourth-order valence-electron chi connectivity index (χ4n) is 0.855. The summed E-state index contributed by atoms with van der Waals surface area (Å²) in [6, 6.07) is 0. The van der Waals surface area contributed by atoms with E-state index in [2.05, 4.69) is 0 Å². The summed E-state index contributed by atoms with van der Waals surface area (Å²) >= 11 is 0. The second-order valence-corrected chi connectivity index (χ2v) is 3.03. The average molecular weight is 204 g/mol. The molecular weight excluding hydrogens is 184 g/mol. The zero-order valence-electron chi connectivity index (χ0n) is 9.25. The van der Waals surface area contributed by atoms with Crippen LogP contribution in [0, 0.1) is 0 Å². The van der Waals surface area contributed by atoms with E-state index in [1.807, 2.05) is 13.8 Å². The summed E-state index contributed by atoms with van der Waals surface area (Å²) in [5.74, 6) is 0. The fourth-order valence-corrected chi connectivity index (χ4v) is 0.855. The van der Waals surface area contributed by atoms with Gasteiger partial charge >= 0.3 is 6.16 Å². The molecule has 4 nitrogen and oxygen atoms in total. The molecule has 0 rings (SSSR count). The molecule has 0 bridgehead atoms. The van der Waals surface area contributed by atoms with Gasteiger partial charge in [-0.1, -0.05) is 20.3 Å². The second kappa shape index (κ2) is 8.81. The predicted octanol–water partition coefficient (Wildman–Crippen LogP) is 2.36. The van der Waals surface area contributed by atoms with Gasteiger partial charge in [-0.2, -0.15) is 0 Å². The first kappa shape index (κ1) is 13.2. The van der Waals surface area contributed by atoms with Crippen LogP contribution >= 0.6 is 0 Å². The first-order valence-corrected chi connectivity index (χ1v) is 5.06. The quantitative estimate of drug-likeness (QED) is 0.471. The van der Waals surface area contributed by atoms with E-state index in [0.717, 1.165) is 19.3 Å². The van der Waals surface area contributed by atoms with E-state index in [4.69, 9.17) is 14.2 Å². The Hall–Kier alpha value is -0.770. The van der Waals surface area contributed by atoms with Crippen molar-refractivity contribution in [2.24, 2.45) is 0 Å². The first-order chi connectivity index (χ1) is 6.74. The third-order valence-electron chi connectivity index (χ3n) is 1.89. The fraction of sp³-hybridized carbons (Fsp3) is 0.900. The van der Waals surface area contributed by atoms with Crippen LogP contribution < -0.4 is 0 Å². The van der Waals surface area contributed by atoms with Crippen molar-refractivity contribution in [2.45, 2.75) is 39.2 Å². The minimum absolute atomic E-state index is 0.0336. The van der Waals surface area contributed by atoms with Crippen molar-refractivity contribution in [3.8, 4) is 0 Å². The highest BCUT2D eigenvalue weighted by Crippen LogP contribution is 1.98. The number of methoxy groups -OCH3 is 1. The monoisotopic (exact) mass is 204 g/mol. The van der Waals surface area contributed by atoms with Gasteiger partial charge in [0.15, 0.2) is 0 Å². The third-order valence-corrected chi connectivity index (χ3v) is 1.89. The van der Waals surface area contributed by atoms with Crippen molar-refractivity contribution in [3.63, 3.8) is 0 Å². The van der Waals surface area contributed by atoms with Gasteiger partial charge in [0.05, 0.1) is 12.7 Å². The van der Waals surface area contributed by atoms with Crippen molar-refractivity contribution in [1.82, 2.24) is 0 Å². The molecule has 0 aromatic heterocycles. The molecule has 1 unspecified atom stereocenters. The van der Waals surface area contributed by atoms with Crippen LogP contribution in [0.1, 0.15) is 33.1 Å². The Morgan fingerprint density at radius 2 is 2.00 bits per heavy atom. The number of carbonyl (C=O) groups is 1. The molecule has 1 atom stereocenters. The summed E-state index contributed by atoms with van der Waals surface area (Å²) in [6.45, 7) is 4.70. The number of carbonyl (C=O) groups excluding carboxylic acids is 1. The van der Waals surface area contributed by atoms with Gasteiger partial charge < -0.3 is 14.2 Å². The maximum absolute atomic E-state index is 11.0. The molecule has 0 aromatic carbocycles. The lowest BCUT2D eigenvalue weighted by Crippen LogP contribution is -2.20. The van der Waals surface area contributed by atoms with E-state index < -0.39 is 6.16 Å². The van der Waals surface area contributed by atoms with Gasteiger partial charge in [-0.05, 0) is 12.8 Å². The molecule has 0 aliphatic carbocycles. The first-order valence-electron chi connectivity index (χ1n) is 5.06. The lowest BCUT2D eigenvalue weighted by molar-refractivity contribution is 0.000845. The van der Waals surface area contributed by atoms with Crippen LogP contribution in [0.15, 0.2) is 0 Å². The minimum atomic E-state index is -0.603. The summed E-state index contributed by atoms with van der Waals surface area (Å²) in [5.41, 5.74) is 0. The molecule has 0 saturated heterocycles. The third kappa shape index (κ3) is 6.71. The maximum atomic E-state index is 11.0. The molecule has 0 aliphatic heterocycles. The molecule has 0 aliphatic rings. The number of unbranched alkanes of at least 4 members (excludes halogenated alkanes) is 1. The van der Waals surface area contributed by atoms with Crippen LogP contribution in [0.25, 0.3) is 0 Å². The number of ether oxygens (including phenoxy) is 3. The molecule has 0 saturated carbocycles. The highest BCUT2D eigenvalue weighted by atomic mass is 16.7. The Morgan fingerprint density at radius 1 is 1.29 bits per heavy atom. The Labute approximate surface area is 85.5 Å². The van der Waals surface area contributed by atoms with Gasteiger partial charge in [0.1, 0.15) is 6.61 Å². The molecule has 0 amide bonds. The molecular formula is C10H20O4. The van der Waals surface area contributed by atoms with Gasteiger partial charge in [-0.25, -0.2) is 4.79 Å². The van der Waals surface area contributed by atoms with E-state index in [1.54, 1.807) is 7.11 Å². The van der Waals surface area contributed by atoms with Gasteiger partial charge in [0, 0.05) is 7.11 Å². The van der Waals surface area contributed by atoms with Crippen molar-refractivity contribution in [3.05, 3.63) is 0 Å². The van der Waals surface area contributed by atoms with Crippen molar-refractivity contribution in [2.75, 3.05) is 20.3 Å². The zero-order chi connectivity index (χ0) is 10.8. The topological polar surface area (TPSA) is 44.8 Å². The van der Waals surface area contributed by atoms with Crippen LogP contribution in [-0.4, -0.2) is 32.6 Å². The van der Waals surface area contributed by atoms with Crippen molar-refractivity contribution in [1.29, 1.82) is 0 Å². The summed E-state index contributed by atoms with van der Waals surface area (Å²) < 4.78 is 14.7. The second-order valence-electron chi connectivity index (χ2n) is 3.03. The Bertz CT molecular complexity index is 143. The smallest absolute Gasteiger partial charge is 0.434 e. The Kier molecular flexibility index (Phi) is 8.33. The van der Waals surface area contributed by atoms with E-state index >= 15 is 0 Å². The average Bonchev–Trinajstić information content (AvgIpc) is 2.20. The molecule has 0 spiro atoms.